The number of esters is 1. The summed E-state index contributed by atoms with van der Waals surface area (Å²) >= 11 is 1.04. The summed E-state index contributed by atoms with van der Waals surface area (Å²) in [5.41, 5.74) is -0.195. The SMILES string of the molecule is C=NN(/N=C\C)c1sc2c(c1C)c(=O)n(C(C)C(=O)OCc1ccccc1)c(=O)n2C[C@@H](OCC=O)c1cc(F)ccc1OC. The molecule has 2 atom stereocenters. The summed E-state index contributed by atoms with van der Waals surface area (Å²) in [5.74, 6) is -1.14. The number of hydrogen-bond donors (Lipinski definition) is 0. The van der Waals surface area contributed by atoms with Gasteiger partial charge in [0, 0.05) is 24.1 Å². The van der Waals surface area contributed by atoms with Crippen molar-refractivity contribution in [3.8, 4) is 5.75 Å². The Morgan fingerprint density at radius 3 is 2.58 bits per heavy atom. The number of nitrogens with zero attached hydrogens (tertiary/aromatic N) is 5. The Morgan fingerprint density at radius 1 is 1.20 bits per heavy atom. The van der Waals surface area contributed by atoms with Crippen LogP contribution < -0.4 is 21.1 Å². The van der Waals surface area contributed by atoms with Gasteiger partial charge in [-0.3, -0.25) is 9.36 Å². The van der Waals surface area contributed by atoms with E-state index in [0.717, 1.165) is 21.5 Å². The van der Waals surface area contributed by atoms with Crippen LogP contribution in [0.2, 0.25) is 0 Å². The van der Waals surface area contributed by atoms with Crippen molar-refractivity contribution in [2.75, 3.05) is 18.8 Å². The Labute approximate surface area is 261 Å². The first-order chi connectivity index (χ1) is 21.7. The van der Waals surface area contributed by atoms with Crippen molar-refractivity contribution in [3.63, 3.8) is 0 Å². The fourth-order valence-electron chi connectivity index (χ4n) is 4.78. The van der Waals surface area contributed by atoms with E-state index in [-0.39, 0.29) is 41.3 Å². The third-order valence-electron chi connectivity index (χ3n) is 6.96. The lowest BCUT2D eigenvalue weighted by molar-refractivity contribution is -0.148. The van der Waals surface area contributed by atoms with E-state index in [4.69, 9.17) is 14.2 Å². The molecular weight excluding hydrogens is 605 g/mol. The predicted octanol–water partition coefficient (Wildman–Crippen LogP) is 4.37. The molecule has 2 aromatic carbocycles. The molecule has 0 bridgehead atoms. The van der Waals surface area contributed by atoms with Gasteiger partial charge < -0.3 is 19.0 Å². The number of thiophene rings is 1. The summed E-state index contributed by atoms with van der Waals surface area (Å²) in [7, 11) is 1.39. The van der Waals surface area contributed by atoms with Crippen LogP contribution in [-0.4, -0.2) is 48.0 Å². The standard InChI is InChI=1S/C31H32FN5O7S/c1-6-34-37(33-4)28-19(2)26-27(39)36(20(3)30(40)44-18-21-10-8-7-9-11-21)31(41)35(29(26)45-28)17-25(43-15-14-38)23-16-22(32)12-13-24(23)42-5/h6-14,16,20,25H,4,15,17-18H2,1-3,5H3/b34-6-/t20?,25-/m1/s1. The topological polar surface area (TPSA) is 134 Å². The van der Waals surface area contributed by atoms with Crippen molar-refractivity contribution in [2.45, 2.75) is 46.1 Å². The number of methoxy groups -OCH3 is 1. The molecule has 0 saturated heterocycles. The van der Waals surface area contributed by atoms with Crippen molar-refractivity contribution in [1.29, 1.82) is 0 Å². The quantitative estimate of drug-likeness (QED) is 0.0862. The van der Waals surface area contributed by atoms with Gasteiger partial charge in [0.05, 0.1) is 19.0 Å². The number of carbonyl (C=O) groups excluding carboxylic acids is 2. The van der Waals surface area contributed by atoms with Crippen LogP contribution in [0.25, 0.3) is 10.2 Å². The maximum Gasteiger partial charge on any atom is 0.333 e. The molecule has 4 rings (SSSR count). The number of aryl methyl sites for hydroxylation is 1. The minimum Gasteiger partial charge on any atom is -0.496 e. The Balaban J connectivity index is 1.93. The molecule has 0 amide bonds. The second-order valence-corrected chi connectivity index (χ2v) is 10.7. The van der Waals surface area contributed by atoms with Crippen molar-refractivity contribution in [1.82, 2.24) is 9.13 Å². The molecule has 0 saturated carbocycles. The lowest BCUT2D eigenvalue weighted by atomic mass is 10.1. The summed E-state index contributed by atoms with van der Waals surface area (Å²) in [5, 5.41) is 9.81. The van der Waals surface area contributed by atoms with Crippen LogP contribution >= 0.6 is 11.3 Å². The Hall–Kier alpha value is -4.95. The van der Waals surface area contributed by atoms with Crippen molar-refractivity contribution >= 4 is 51.7 Å². The van der Waals surface area contributed by atoms with Gasteiger partial charge in [-0.1, -0.05) is 41.7 Å². The van der Waals surface area contributed by atoms with E-state index in [1.165, 1.54) is 48.1 Å². The lowest BCUT2D eigenvalue weighted by Crippen LogP contribution is -2.44. The molecule has 12 nitrogen and oxygen atoms in total. The van der Waals surface area contributed by atoms with Crippen LogP contribution in [0.3, 0.4) is 0 Å². The van der Waals surface area contributed by atoms with Gasteiger partial charge in [-0.25, -0.2) is 18.5 Å². The molecule has 0 aliphatic carbocycles. The number of rotatable bonds is 14. The highest BCUT2D eigenvalue weighted by molar-refractivity contribution is 7.22. The molecule has 0 N–H and O–H groups in total. The number of aldehydes is 1. The highest BCUT2D eigenvalue weighted by Gasteiger charge is 2.30. The van der Waals surface area contributed by atoms with E-state index < -0.39 is 35.2 Å². The Bertz CT molecular complexity index is 1850. The van der Waals surface area contributed by atoms with Crippen LogP contribution in [-0.2, 0) is 32.2 Å². The number of hydrogen-bond acceptors (Lipinski definition) is 11. The molecule has 14 heteroatoms. The smallest absolute Gasteiger partial charge is 0.333 e. The van der Waals surface area contributed by atoms with E-state index in [2.05, 4.69) is 16.9 Å². The molecule has 1 unspecified atom stereocenters. The molecule has 4 aromatic rings. The van der Waals surface area contributed by atoms with Crippen molar-refractivity contribution in [3.05, 3.63) is 91.9 Å². The van der Waals surface area contributed by atoms with Crippen LogP contribution in [0, 0.1) is 12.7 Å². The van der Waals surface area contributed by atoms with E-state index >= 15 is 0 Å². The van der Waals surface area contributed by atoms with Gasteiger partial charge in [-0.2, -0.15) is 10.2 Å². The normalized spacial score (nSPS) is 12.6. The van der Waals surface area contributed by atoms with E-state index in [0.29, 0.717) is 16.9 Å². The number of aromatic nitrogens is 2. The van der Waals surface area contributed by atoms with Crippen LogP contribution in [0.4, 0.5) is 9.39 Å². The first-order valence-corrected chi connectivity index (χ1v) is 14.6. The zero-order valence-corrected chi connectivity index (χ0v) is 26.0. The third-order valence-corrected chi connectivity index (χ3v) is 8.24. The van der Waals surface area contributed by atoms with Gasteiger partial charge >= 0.3 is 11.7 Å². The number of anilines is 1. The Kier molecular flexibility index (Phi) is 10.8. The number of ether oxygens (including phenoxy) is 3. The number of carbonyl (C=O) groups is 2. The van der Waals surface area contributed by atoms with E-state index in [1.54, 1.807) is 38.1 Å². The molecule has 236 valence electrons. The second-order valence-electron chi connectivity index (χ2n) is 9.73. The molecule has 45 heavy (non-hydrogen) atoms. The molecule has 0 fully saturated rings. The van der Waals surface area contributed by atoms with Crippen LogP contribution in [0.1, 0.15) is 42.7 Å². The number of hydrazone groups is 2. The molecule has 2 aromatic heterocycles. The molecule has 2 heterocycles. The van der Waals surface area contributed by atoms with Crippen LogP contribution in [0.15, 0.2) is 68.3 Å². The van der Waals surface area contributed by atoms with Gasteiger partial charge in [0.2, 0.25) is 0 Å². The monoisotopic (exact) mass is 637 g/mol. The number of halogens is 1. The highest BCUT2D eigenvalue weighted by Crippen LogP contribution is 2.37. The maximum absolute atomic E-state index is 14.4. The zero-order valence-electron chi connectivity index (χ0n) is 25.1. The average molecular weight is 638 g/mol. The summed E-state index contributed by atoms with van der Waals surface area (Å²) < 4.78 is 33.1. The lowest BCUT2D eigenvalue weighted by Gasteiger charge is -2.22. The van der Waals surface area contributed by atoms with Crippen molar-refractivity contribution in [2.24, 2.45) is 10.2 Å². The molecular formula is C31H32FN5O7S. The minimum absolute atomic E-state index is 0.0627. The third kappa shape index (κ3) is 6.91. The predicted molar refractivity (Wildman–Crippen MR) is 170 cm³/mol. The number of benzene rings is 2. The minimum atomic E-state index is -1.33. The van der Waals surface area contributed by atoms with Gasteiger partial charge in [-0.15, -0.1) is 5.12 Å². The largest absolute Gasteiger partial charge is 0.496 e. The summed E-state index contributed by atoms with van der Waals surface area (Å²) in [6, 6.07) is 11.4. The van der Waals surface area contributed by atoms with Gasteiger partial charge in [0.1, 0.15) is 53.0 Å². The first-order valence-electron chi connectivity index (χ1n) is 13.8. The molecule has 0 aliphatic rings. The van der Waals surface area contributed by atoms with E-state index in [1.807, 2.05) is 6.07 Å². The Morgan fingerprint density at radius 2 is 1.93 bits per heavy atom. The van der Waals surface area contributed by atoms with Crippen molar-refractivity contribution < 1.29 is 28.2 Å². The second kappa shape index (κ2) is 14.7. The summed E-state index contributed by atoms with van der Waals surface area (Å²) in [6.45, 7) is 7.55. The highest BCUT2D eigenvalue weighted by atomic mass is 32.1. The van der Waals surface area contributed by atoms with Gasteiger partial charge in [0.15, 0.2) is 0 Å². The summed E-state index contributed by atoms with van der Waals surface area (Å²) in [4.78, 5) is 52.9. The zero-order chi connectivity index (χ0) is 32.7. The van der Waals surface area contributed by atoms with Crippen LogP contribution in [0.5, 0.6) is 5.75 Å². The molecule has 0 spiro atoms. The molecule has 0 radical (unpaired) electrons. The van der Waals surface area contributed by atoms with Gasteiger partial charge in [0.25, 0.3) is 5.56 Å². The molecule has 0 aliphatic heterocycles. The fraction of sp³-hybridized carbons (Fsp3) is 0.290. The summed E-state index contributed by atoms with van der Waals surface area (Å²) in [6.07, 6.45) is 0.919. The maximum atomic E-state index is 14.4. The number of fused-ring (bicyclic) bond motifs is 1. The van der Waals surface area contributed by atoms with E-state index in [9.17, 15) is 23.6 Å². The van der Waals surface area contributed by atoms with Gasteiger partial charge in [-0.05, 0) is 44.5 Å². The first kappa shape index (κ1) is 33.0. The average Bonchev–Trinajstić information content (AvgIpc) is 3.39. The fourth-order valence-corrected chi connectivity index (χ4v) is 6.01.